The van der Waals surface area contributed by atoms with Crippen LogP contribution in [0, 0.1) is 5.92 Å². The average molecular weight is 137 g/mol. The molecule has 1 aliphatic rings. The number of nitrogens with zero attached hydrogens (tertiary/aromatic N) is 1. The molecule has 1 heterocycles. The fraction of sp³-hybridized carbons (Fsp3) is 0.667. The lowest BCUT2D eigenvalue weighted by molar-refractivity contribution is 0.682. The number of aliphatic imine (C=N–C) groups is 1. The third kappa shape index (κ3) is 2.34. The van der Waals surface area contributed by atoms with Crippen molar-refractivity contribution < 1.29 is 0 Å². The Balaban J connectivity index is 2.40. The lowest BCUT2D eigenvalue weighted by Gasteiger charge is -2.07. The number of allylic oxidation sites excluding steroid dienone is 1. The van der Waals surface area contributed by atoms with E-state index in [0.29, 0.717) is 0 Å². The maximum Gasteiger partial charge on any atom is 0.0427 e. The van der Waals surface area contributed by atoms with Gasteiger partial charge in [-0.05, 0) is 24.8 Å². The van der Waals surface area contributed by atoms with Crippen LogP contribution in [0.1, 0.15) is 26.7 Å². The highest BCUT2D eigenvalue weighted by Crippen LogP contribution is 2.06. The third-order valence-electron chi connectivity index (χ3n) is 1.54. The van der Waals surface area contributed by atoms with Crippen LogP contribution in [-0.4, -0.2) is 12.3 Å². The van der Waals surface area contributed by atoms with Gasteiger partial charge in [0.05, 0.1) is 0 Å². The van der Waals surface area contributed by atoms with Crippen LogP contribution in [0.5, 0.6) is 0 Å². The number of dihydropyridines is 1. The fourth-order valence-electron chi connectivity index (χ4n) is 1.11. The normalized spacial score (nSPS) is 17.7. The largest absolute Gasteiger partial charge is 0.289 e. The van der Waals surface area contributed by atoms with Crippen molar-refractivity contribution in [3.05, 3.63) is 12.2 Å². The Hall–Kier alpha value is -0.590. The van der Waals surface area contributed by atoms with Gasteiger partial charge in [-0.15, -0.1) is 0 Å². The van der Waals surface area contributed by atoms with Gasteiger partial charge < -0.3 is 0 Å². The summed E-state index contributed by atoms with van der Waals surface area (Å²) in [7, 11) is 0. The molecule has 0 aromatic heterocycles. The van der Waals surface area contributed by atoms with E-state index in [9.17, 15) is 0 Å². The Morgan fingerprint density at radius 2 is 2.40 bits per heavy atom. The summed E-state index contributed by atoms with van der Waals surface area (Å²) in [6.07, 6.45) is 6.63. The standard InChI is InChI=1S/C9H15N/c1-8(2)7-9-5-3-4-6-10-9/h3,5,8H,4,6-7H2,1-2H3. The van der Waals surface area contributed by atoms with E-state index in [4.69, 9.17) is 0 Å². The van der Waals surface area contributed by atoms with Crippen molar-refractivity contribution in [2.75, 3.05) is 6.54 Å². The van der Waals surface area contributed by atoms with Crippen molar-refractivity contribution in [3.8, 4) is 0 Å². The third-order valence-corrected chi connectivity index (χ3v) is 1.54. The SMILES string of the molecule is CC(C)CC1=NCCC=C1. The van der Waals surface area contributed by atoms with Gasteiger partial charge in [0.2, 0.25) is 0 Å². The number of rotatable bonds is 2. The van der Waals surface area contributed by atoms with Crippen LogP contribution in [0.4, 0.5) is 0 Å². The van der Waals surface area contributed by atoms with Crippen molar-refractivity contribution in [2.45, 2.75) is 26.7 Å². The highest BCUT2D eigenvalue weighted by atomic mass is 14.7. The lowest BCUT2D eigenvalue weighted by Crippen LogP contribution is -2.03. The van der Waals surface area contributed by atoms with E-state index in [1.165, 1.54) is 5.71 Å². The van der Waals surface area contributed by atoms with Gasteiger partial charge in [-0.1, -0.05) is 19.9 Å². The Morgan fingerprint density at radius 1 is 1.60 bits per heavy atom. The average Bonchev–Trinajstić information content (AvgIpc) is 1.88. The van der Waals surface area contributed by atoms with E-state index in [1.54, 1.807) is 0 Å². The lowest BCUT2D eigenvalue weighted by atomic mass is 10.0. The van der Waals surface area contributed by atoms with Crippen LogP contribution in [0.3, 0.4) is 0 Å². The molecule has 0 saturated heterocycles. The first-order chi connectivity index (χ1) is 4.79. The molecule has 0 unspecified atom stereocenters. The molecule has 0 aromatic rings. The van der Waals surface area contributed by atoms with Crippen molar-refractivity contribution in [3.63, 3.8) is 0 Å². The molecule has 0 aliphatic carbocycles. The van der Waals surface area contributed by atoms with Crippen molar-refractivity contribution in [1.29, 1.82) is 0 Å². The van der Waals surface area contributed by atoms with Gasteiger partial charge in [0.15, 0.2) is 0 Å². The molecular weight excluding hydrogens is 122 g/mol. The predicted octanol–water partition coefficient (Wildman–Crippen LogP) is 2.43. The predicted molar refractivity (Wildman–Crippen MR) is 45.5 cm³/mol. The molecule has 1 aliphatic heterocycles. The first-order valence-electron chi connectivity index (χ1n) is 3.99. The van der Waals surface area contributed by atoms with Crippen LogP contribution in [0.2, 0.25) is 0 Å². The van der Waals surface area contributed by atoms with Crippen molar-refractivity contribution >= 4 is 5.71 Å². The van der Waals surface area contributed by atoms with Crippen molar-refractivity contribution in [1.82, 2.24) is 0 Å². The van der Waals surface area contributed by atoms with Gasteiger partial charge in [0.1, 0.15) is 0 Å². The molecular formula is C9H15N. The second kappa shape index (κ2) is 3.55. The van der Waals surface area contributed by atoms with Gasteiger partial charge in [0, 0.05) is 12.3 Å². The second-order valence-electron chi connectivity index (χ2n) is 3.16. The maximum absolute atomic E-state index is 4.40. The van der Waals surface area contributed by atoms with Gasteiger partial charge in [-0.3, -0.25) is 4.99 Å². The number of hydrogen-bond acceptors (Lipinski definition) is 1. The molecule has 1 rings (SSSR count). The Morgan fingerprint density at radius 3 is 2.90 bits per heavy atom. The molecule has 0 radical (unpaired) electrons. The fourth-order valence-corrected chi connectivity index (χ4v) is 1.11. The first-order valence-corrected chi connectivity index (χ1v) is 3.99. The van der Waals surface area contributed by atoms with E-state index in [2.05, 4.69) is 31.0 Å². The first kappa shape index (κ1) is 7.52. The molecule has 0 spiro atoms. The smallest absolute Gasteiger partial charge is 0.0427 e. The topological polar surface area (TPSA) is 12.4 Å². The van der Waals surface area contributed by atoms with E-state index in [1.807, 2.05) is 0 Å². The maximum atomic E-state index is 4.40. The van der Waals surface area contributed by atoms with E-state index in [-0.39, 0.29) is 0 Å². The van der Waals surface area contributed by atoms with Gasteiger partial charge >= 0.3 is 0 Å². The van der Waals surface area contributed by atoms with Gasteiger partial charge in [-0.2, -0.15) is 0 Å². The van der Waals surface area contributed by atoms with Gasteiger partial charge in [0.25, 0.3) is 0 Å². The summed E-state index contributed by atoms with van der Waals surface area (Å²) >= 11 is 0. The minimum Gasteiger partial charge on any atom is -0.289 e. The minimum absolute atomic E-state index is 0.737. The molecule has 1 nitrogen and oxygen atoms in total. The molecule has 56 valence electrons. The second-order valence-corrected chi connectivity index (χ2v) is 3.16. The Labute approximate surface area is 62.9 Å². The van der Waals surface area contributed by atoms with E-state index in [0.717, 1.165) is 25.3 Å². The molecule has 0 amide bonds. The van der Waals surface area contributed by atoms with Gasteiger partial charge in [-0.25, -0.2) is 0 Å². The zero-order valence-electron chi connectivity index (χ0n) is 6.80. The summed E-state index contributed by atoms with van der Waals surface area (Å²) in [5.41, 5.74) is 1.28. The zero-order chi connectivity index (χ0) is 7.40. The molecule has 0 atom stereocenters. The quantitative estimate of drug-likeness (QED) is 0.554. The molecule has 0 aromatic carbocycles. The van der Waals surface area contributed by atoms with Crippen LogP contribution in [0.25, 0.3) is 0 Å². The monoisotopic (exact) mass is 137 g/mol. The van der Waals surface area contributed by atoms with Crippen molar-refractivity contribution in [2.24, 2.45) is 10.9 Å². The van der Waals surface area contributed by atoms with E-state index < -0.39 is 0 Å². The minimum atomic E-state index is 0.737. The highest BCUT2D eigenvalue weighted by Gasteiger charge is 2.00. The molecule has 0 N–H and O–H groups in total. The Bertz CT molecular complexity index is 154. The van der Waals surface area contributed by atoms with E-state index >= 15 is 0 Å². The summed E-state index contributed by atoms with van der Waals surface area (Å²) in [6.45, 7) is 5.45. The molecule has 0 bridgehead atoms. The molecule has 1 heteroatoms. The molecule has 0 saturated carbocycles. The van der Waals surface area contributed by atoms with Crippen LogP contribution >= 0.6 is 0 Å². The Kier molecular flexibility index (Phi) is 2.67. The summed E-state index contributed by atoms with van der Waals surface area (Å²) in [6, 6.07) is 0. The van der Waals surface area contributed by atoms with Crippen LogP contribution < -0.4 is 0 Å². The highest BCUT2D eigenvalue weighted by molar-refractivity contribution is 5.95. The van der Waals surface area contributed by atoms with Crippen LogP contribution in [-0.2, 0) is 0 Å². The summed E-state index contributed by atoms with van der Waals surface area (Å²) in [5.74, 6) is 0.737. The zero-order valence-corrected chi connectivity index (χ0v) is 6.80. The molecule has 0 fully saturated rings. The molecule has 10 heavy (non-hydrogen) atoms. The summed E-state index contributed by atoms with van der Waals surface area (Å²) < 4.78 is 0. The summed E-state index contributed by atoms with van der Waals surface area (Å²) in [4.78, 5) is 4.40. The summed E-state index contributed by atoms with van der Waals surface area (Å²) in [5, 5.41) is 0. The van der Waals surface area contributed by atoms with Crippen LogP contribution in [0.15, 0.2) is 17.1 Å². The number of hydrogen-bond donors (Lipinski definition) is 0.